The lowest BCUT2D eigenvalue weighted by molar-refractivity contribution is -0.135. The molecule has 2 N–H and O–H groups in total. The van der Waals surface area contributed by atoms with Gasteiger partial charge in [0.15, 0.2) is 0 Å². The lowest BCUT2D eigenvalue weighted by Crippen LogP contribution is -2.36. The van der Waals surface area contributed by atoms with Gasteiger partial charge in [-0.1, -0.05) is 37.6 Å². The molecule has 0 radical (unpaired) electrons. The molecule has 0 aliphatic heterocycles. The van der Waals surface area contributed by atoms with Crippen LogP contribution in [0.1, 0.15) is 37.3 Å². The number of nitrogens with two attached hydrogens (primary N) is 1. The zero-order chi connectivity index (χ0) is 14.5. The third-order valence-corrected chi connectivity index (χ3v) is 4.51. The number of benzene rings is 1. The summed E-state index contributed by atoms with van der Waals surface area (Å²) in [5.41, 5.74) is 8.31. The van der Waals surface area contributed by atoms with Gasteiger partial charge in [-0.2, -0.15) is 0 Å². The molecule has 2 atom stereocenters. The highest BCUT2D eigenvalue weighted by molar-refractivity contribution is 5.79. The van der Waals surface area contributed by atoms with Gasteiger partial charge in [0.2, 0.25) is 5.91 Å². The summed E-state index contributed by atoms with van der Waals surface area (Å²) in [4.78, 5) is 14.4. The Bertz CT molecular complexity index is 441. The van der Waals surface area contributed by atoms with Gasteiger partial charge in [-0.25, -0.2) is 0 Å². The van der Waals surface area contributed by atoms with Gasteiger partial charge in [0.25, 0.3) is 0 Å². The normalized spacial score (nSPS) is 21.9. The monoisotopic (exact) mass is 274 g/mol. The van der Waals surface area contributed by atoms with Crippen LogP contribution >= 0.6 is 0 Å². The summed E-state index contributed by atoms with van der Waals surface area (Å²) in [5, 5.41) is 0. The zero-order valence-electron chi connectivity index (χ0n) is 12.6. The Labute approximate surface area is 122 Å². The van der Waals surface area contributed by atoms with E-state index in [9.17, 15) is 4.79 Å². The Morgan fingerprint density at radius 3 is 2.50 bits per heavy atom. The molecular weight excluding hydrogens is 248 g/mol. The average Bonchev–Trinajstić information content (AvgIpc) is 2.95. The van der Waals surface area contributed by atoms with Crippen LogP contribution in [0.4, 0.5) is 0 Å². The van der Waals surface area contributed by atoms with Crippen LogP contribution in [0.25, 0.3) is 0 Å². The van der Waals surface area contributed by atoms with Crippen LogP contribution in [0.5, 0.6) is 0 Å². The van der Waals surface area contributed by atoms with Crippen molar-refractivity contribution >= 4 is 5.91 Å². The number of carbonyl (C=O) groups excluding carboxylic acids is 1. The molecule has 2 rings (SSSR count). The first kappa shape index (κ1) is 15.0. The van der Waals surface area contributed by atoms with Crippen LogP contribution in [-0.4, -0.2) is 24.4 Å². The van der Waals surface area contributed by atoms with Crippen molar-refractivity contribution in [2.75, 3.05) is 13.6 Å². The van der Waals surface area contributed by atoms with Gasteiger partial charge < -0.3 is 10.6 Å². The first-order valence-electron chi connectivity index (χ1n) is 7.68. The maximum Gasteiger partial charge on any atom is 0.226 e. The zero-order valence-corrected chi connectivity index (χ0v) is 12.6. The maximum atomic E-state index is 12.5. The van der Waals surface area contributed by atoms with Gasteiger partial charge in [-0.3, -0.25) is 4.79 Å². The molecule has 0 spiro atoms. The van der Waals surface area contributed by atoms with Crippen LogP contribution in [0.15, 0.2) is 24.3 Å². The van der Waals surface area contributed by atoms with Crippen molar-refractivity contribution in [3.8, 4) is 0 Å². The van der Waals surface area contributed by atoms with E-state index in [4.69, 9.17) is 5.73 Å². The van der Waals surface area contributed by atoms with Crippen molar-refractivity contribution in [2.45, 2.75) is 39.2 Å². The molecule has 3 nitrogen and oxygen atoms in total. The fourth-order valence-electron chi connectivity index (χ4n) is 3.16. The van der Waals surface area contributed by atoms with E-state index in [0.29, 0.717) is 19.0 Å². The second kappa shape index (κ2) is 6.89. The molecule has 3 heteroatoms. The number of hydrogen-bond donors (Lipinski definition) is 1. The van der Waals surface area contributed by atoms with Crippen LogP contribution in [0.3, 0.4) is 0 Å². The molecule has 0 heterocycles. The summed E-state index contributed by atoms with van der Waals surface area (Å²) in [5.74, 6) is 0.782. The smallest absolute Gasteiger partial charge is 0.226 e. The van der Waals surface area contributed by atoms with E-state index in [2.05, 4.69) is 31.2 Å². The molecular formula is C17H26N2O. The third-order valence-electron chi connectivity index (χ3n) is 4.51. The molecule has 1 aliphatic rings. The van der Waals surface area contributed by atoms with E-state index < -0.39 is 0 Å². The van der Waals surface area contributed by atoms with Crippen LogP contribution in [-0.2, 0) is 17.8 Å². The first-order valence-corrected chi connectivity index (χ1v) is 7.68. The average molecular weight is 274 g/mol. The van der Waals surface area contributed by atoms with E-state index in [1.807, 2.05) is 11.9 Å². The fraction of sp³-hybridized carbons (Fsp3) is 0.588. The highest BCUT2D eigenvalue weighted by Crippen LogP contribution is 2.32. The van der Waals surface area contributed by atoms with Crippen molar-refractivity contribution in [2.24, 2.45) is 17.6 Å². The summed E-state index contributed by atoms with van der Waals surface area (Å²) < 4.78 is 0. The lowest BCUT2D eigenvalue weighted by atomic mass is 9.94. The predicted octanol–water partition coefficient (Wildman–Crippen LogP) is 2.58. The molecule has 1 aromatic carbocycles. The predicted molar refractivity (Wildman–Crippen MR) is 82.2 cm³/mol. The first-order chi connectivity index (χ1) is 9.65. The lowest BCUT2D eigenvalue weighted by Gasteiger charge is -2.24. The van der Waals surface area contributed by atoms with Crippen LogP contribution < -0.4 is 5.73 Å². The van der Waals surface area contributed by atoms with Crippen molar-refractivity contribution < 1.29 is 4.79 Å². The molecule has 1 aliphatic carbocycles. The maximum absolute atomic E-state index is 12.5. The molecule has 1 fully saturated rings. The minimum Gasteiger partial charge on any atom is -0.341 e. The van der Waals surface area contributed by atoms with Crippen LogP contribution in [0.2, 0.25) is 0 Å². The Balaban J connectivity index is 1.96. The number of carbonyl (C=O) groups is 1. The molecule has 0 saturated heterocycles. The molecule has 0 aromatic heterocycles. The highest BCUT2D eigenvalue weighted by atomic mass is 16.2. The molecule has 20 heavy (non-hydrogen) atoms. The van der Waals surface area contributed by atoms with Gasteiger partial charge >= 0.3 is 0 Å². The summed E-state index contributed by atoms with van der Waals surface area (Å²) in [6.45, 7) is 3.48. The van der Waals surface area contributed by atoms with E-state index in [1.165, 1.54) is 11.1 Å². The summed E-state index contributed by atoms with van der Waals surface area (Å²) in [7, 11) is 1.90. The van der Waals surface area contributed by atoms with Gasteiger partial charge in [0.1, 0.15) is 0 Å². The molecule has 0 unspecified atom stereocenters. The number of nitrogens with zero attached hydrogens (tertiary/aromatic N) is 1. The molecule has 0 bridgehead atoms. The molecule has 1 saturated carbocycles. The largest absolute Gasteiger partial charge is 0.341 e. The Hall–Kier alpha value is -1.35. The third kappa shape index (κ3) is 3.40. The highest BCUT2D eigenvalue weighted by Gasteiger charge is 2.33. The standard InChI is InChI=1S/C17H26N2O/c1-3-13-7-9-14(10-8-13)12-19(2)17(20)16-6-4-5-15(16)11-18/h7-10,15-16H,3-6,11-12,18H2,1-2H3/t15-,16-/m1/s1. The van der Waals surface area contributed by atoms with E-state index in [-0.39, 0.29) is 11.8 Å². The number of rotatable bonds is 5. The minimum atomic E-state index is 0.139. The Kier molecular flexibility index (Phi) is 5.18. The second-order valence-corrected chi connectivity index (χ2v) is 5.90. The fourth-order valence-corrected chi connectivity index (χ4v) is 3.16. The molecule has 1 aromatic rings. The number of aryl methyl sites for hydroxylation is 1. The Morgan fingerprint density at radius 2 is 1.90 bits per heavy atom. The van der Waals surface area contributed by atoms with Gasteiger partial charge in [-0.15, -0.1) is 0 Å². The second-order valence-electron chi connectivity index (χ2n) is 5.90. The number of amides is 1. The SMILES string of the molecule is CCc1ccc(CN(C)C(=O)[C@@H]2CCC[C@@H]2CN)cc1. The quantitative estimate of drug-likeness (QED) is 0.897. The van der Waals surface area contributed by atoms with E-state index in [1.54, 1.807) is 0 Å². The topological polar surface area (TPSA) is 46.3 Å². The summed E-state index contributed by atoms with van der Waals surface area (Å²) in [6.07, 6.45) is 4.29. The van der Waals surface area contributed by atoms with Gasteiger partial charge in [0.05, 0.1) is 0 Å². The summed E-state index contributed by atoms with van der Waals surface area (Å²) in [6, 6.07) is 8.53. The van der Waals surface area contributed by atoms with Crippen molar-refractivity contribution in [1.29, 1.82) is 0 Å². The minimum absolute atomic E-state index is 0.139. The van der Waals surface area contributed by atoms with E-state index in [0.717, 1.165) is 25.7 Å². The Morgan fingerprint density at radius 1 is 1.25 bits per heavy atom. The van der Waals surface area contributed by atoms with Gasteiger partial charge in [-0.05, 0) is 42.9 Å². The number of hydrogen-bond acceptors (Lipinski definition) is 2. The molecule has 110 valence electrons. The van der Waals surface area contributed by atoms with E-state index >= 15 is 0 Å². The van der Waals surface area contributed by atoms with Crippen LogP contribution in [0, 0.1) is 11.8 Å². The molecule has 1 amide bonds. The van der Waals surface area contributed by atoms with Crippen molar-refractivity contribution in [1.82, 2.24) is 4.90 Å². The van der Waals surface area contributed by atoms with Crippen molar-refractivity contribution in [3.05, 3.63) is 35.4 Å². The van der Waals surface area contributed by atoms with Gasteiger partial charge in [0, 0.05) is 19.5 Å². The van der Waals surface area contributed by atoms with Crippen molar-refractivity contribution in [3.63, 3.8) is 0 Å². The summed E-state index contributed by atoms with van der Waals surface area (Å²) >= 11 is 0.